The number of benzene rings is 2. The van der Waals surface area contributed by atoms with E-state index in [1.807, 2.05) is 0 Å². The Morgan fingerprint density at radius 2 is 1.38 bits per heavy atom. The second-order valence-electron chi connectivity index (χ2n) is 6.77. The van der Waals surface area contributed by atoms with Crippen LogP contribution in [0.15, 0.2) is 60.7 Å². The molecule has 0 unspecified atom stereocenters. The van der Waals surface area contributed by atoms with Crippen LogP contribution in [0.5, 0.6) is 0 Å². The van der Waals surface area contributed by atoms with Crippen LogP contribution in [0, 0.1) is 0 Å². The summed E-state index contributed by atoms with van der Waals surface area (Å²) in [6.45, 7) is 3.73. The highest BCUT2D eigenvalue weighted by Crippen LogP contribution is 2.37. The van der Waals surface area contributed by atoms with E-state index in [1.165, 1.54) is 56.4 Å². The van der Waals surface area contributed by atoms with Crippen LogP contribution in [0.1, 0.15) is 43.2 Å². The Bertz CT molecular complexity index is 556. The Morgan fingerprint density at radius 1 is 0.833 bits per heavy atom. The maximum atomic E-state index is 6.32. The SMILES string of the molecule is [SiH3]OC(CCCN1CCCCC1)(c1ccccc1)c1ccccc1. The van der Waals surface area contributed by atoms with Crippen molar-refractivity contribution in [3.05, 3.63) is 71.8 Å². The summed E-state index contributed by atoms with van der Waals surface area (Å²) in [5.41, 5.74) is 2.28. The summed E-state index contributed by atoms with van der Waals surface area (Å²) in [6, 6.07) is 21.5. The van der Waals surface area contributed by atoms with E-state index in [1.54, 1.807) is 0 Å². The van der Waals surface area contributed by atoms with E-state index in [0.717, 1.165) is 16.9 Å². The van der Waals surface area contributed by atoms with Crippen molar-refractivity contribution in [2.24, 2.45) is 0 Å². The minimum absolute atomic E-state index is 0.287. The molecule has 0 radical (unpaired) electrons. The van der Waals surface area contributed by atoms with E-state index in [-0.39, 0.29) is 5.60 Å². The van der Waals surface area contributed by atoms with Gasteiger partial charge in [0.25, 0.3) is 0 Å². The summed E-state index contributed by atoms with van der Waals surface area (Å²) in [5.74, 6) is 0. The predicted molar refractivity (Wildman–Crippen MR) is 104 cm³/mol. The molecule has 3 rings (SSSR count). The monoisotopic (exact) mass is 339 g/mol. The zero-order valence-corrected chi connectivity index (χ0v) is 16.8. The van der Waals surface area contributed by atoms with E-state index in [4.69, 9.17) is 4.43 Å². The summed E-state index contributed by atoms with van der Waals surface area (Å²) in [7, 11) is 0.729. The van der Waals surface area contributed by atoms with Gasteiger partial charge >= 0.3 is 0 Å². The van der Waals surface area contributed by atoms with E-state index in [2.05, 4.69) is 65.6 Å². The van der Waals surface area contributed by atoms with Gasteiger partial charge in [-0.15, -0.1) is 0 Å². The first-order valence-electron chi connectivity index (χ1n) is 9.24. The van der Waals surface area contributed by atoms with Gasteiger partial charge in [-0.1, -0.05) is 67.1 Å². The molecule has 2 aromatic carbocycles. The molecule has 0 spiro atoms. The minimum atomic E-state index is -0.287. The molecule has 1 saturated heterocycles. The van der Waals surface area contributed by atoms with Gasteiger partial charge in [-0.05, 0) is 56.4 Å². The maximum absolute atomic E-state index is 6.32. The lowest BCUT2D eigenvalue weighted by Crippen LogP contribution is -2.34. The maximum Gasteiger partial charge on any atom is 0.147 e. The molecular weight excluding hydrogens is 310 g/mol. The predicted octanol–water partition coefficient (Wildman–Crippen LogP) is 3.49. The van der Waals surface area contributed by atoms with Gasteiger partial charge in [0.1, 0.15) is 16.1 Å². The van der Waals surface area contributed by atoms with Crippen molar-refractivity contribution in [3.8, 4) is 0 Å². The summed E-state index contributed by atoms with van der Waals surface area (Å²) in [4.78, 5) is 2.62. The Morgan fingerprint density at radius 3 is 1.88 bits per heavy atom. The summed E-state index contributed by atoms with van der Waals surface area (Å²) in [6.07, 6.45) is 6.34. The van der Waals surface area contributed by atoms with Gasteiger partial charge in [-0.3, -0.25) is 0 Å². The first kappa shape index (κ1) is 17.4. The lowest BCUT2D eigenvalue weighted by molar-refractivity contribution is 0.103. The van der Waals surface area contributed by atoms with Crippen LogP contribution < -0.4 is 0 Å². The Labute approximate surface area is 149 Å². The molecule has 3 heteroatoms. The quantitative estimate of drug-likeness (QED) is 0.716. The van der Waals surface area contributed by atoms with Crippen LogP contribution in [0.2, 0.25) is 0 Å². The van der Waals surface area contributed by atoms with E-state index < -0.39 is 0 Å². The average Bonchev–Trinajstić information content (AvgIpc) is 2.68. The van der Waals surface area contributed by atoms with Crippen LogP contribution in [-0.2, 0) is 10.0 Å². The van der Waals surface area contributed by atoms with Crippen molar-refractivity contribution in [1.29, 1.82) is 0 Å². The van der Waals surface area contributed by atoms with Crippen molar-refractivity contribution in [3.63, 3.8) is 0 Å². The zero-order chi connectivity index (χ0) is 16.7. The van der Waals surface area contributed by atoms with Gasteiger partial charge in [-0.2, -0.15) is 0 Å². The van der Waals surface area contributed by atoms with Gasteiger partial charge in [-0.25, -0.2) is 0 Å². The van der Waals surface area contributed by atoms with Gasteiger partial charge < -0.3 is 9.33 Å². The Hall–Kier alpha value is -1.42. The van der Waals surface area contributed by atoms with E-state index in [0.29, 0.717) is 0 Å². The van der Waals surface area contributed by atoms with Crippen molar-refractivity contribution in [2.75, 3.05) is 19.6 Å². The van der Waals surface area contributed by atoms with Crippen molar-refractivity contribution < 1.29 is 4.43 Å². The second kappa shape index (κ2) is 8.61. The Balaban J connectivity index is 1.79. The molecule has 0 aromatic heterocycles. The number of hydrogen-bond acceptors (Lipinski definition) is 2. The fourth-order valence-electron chi connectivity index (χ4n) is 3.94. The number of nitrogens with zero attached hydrogens (tertiary/aromatic N) is 1. The van der Waals surface area contributed by atoms with E-state index >= 15 is 0 Å². The van der Waals surface area contributed by atoms with Crippen LogP contribution in [0.4, 0.5) is 0 Å². The zero-order valence-electron chi connectivity index (χ0n) is 14.8. The smallest absolute Gasteiger partial charge is 0.147 e. The molecule has 0 N–H and O–H groups in total. The average molecular weight is 340 g/mol. The lowest BCUT2D eigenvalue weighted by atomic mass is 9.82. The van der Waals surface area contributed by atoms with Crippen LogP contribution in [0.25, 0.3) is 0 Å². The molecular formula is C21H29NOSi. The number of likely N-dealkylation sites (tertiary alicyclic amines) is 1. The van der Waals surface area contributed by atoms with Crippen LogP contribution >= 0.6 is 0 Å². The lowest BCUT2D eigenvalue weighted by Gasteiger charge is -2.36. The molecule has 1 heterocycles. The number of piperidine rings is 1. The molecule has 2 nitrogen and oxygen atoms in total. The minimum Gasteiger partial charge on any atom is -0.414 e. The topological polar surface area (TPSA) is 12.5 Å². The molecule has 0 aliphatic carbocycles. The molecule has 24 heavy (non-hydrogen) atoms. The van der Waals surface area contributed by atoms with Crippen molar-refractivity contribution in [2.45, 2.75) is 37.7 Å². The van der Waals surface area contributed by atoms with E-state index in [9.17, 15) is 0 Å². The molecule has 1 aliphatic heterocycles. The highest BCUT2D eigenvalue weighted by Gasteiger charge is 2.33. The first-order chi connectivity index (χ1) is 11.8. The molecule has 0 bridgehead atoms. The highest BCUT2D eigenvalue weighted by atomic mass is 28.2. The molecule has 128 valence electrons. The van der Waals surface area contributed by atoms with Crippen molar-refractivity contribution >= 4 is 10.5 Å². The number of hydrogen-bond donors (Lipinski definition) is 0. The Kier molecular flexibility index (Phi) is 6.24. The van der Waals surface area contributed by atoms with Gasteiger partial charge in [0, 0.05) is 0 Å². The molecule has 0 amide bonds. The molecule has 2 aromatic rings. The fraction of sp³-hybridized carbons (Fsp3) is 0.429. The van der Waals surface area contributed by atoms with Gasteiger partial charge in [0.15, 0.2) is 0 Å². The van der Waals surface area contributed by atoms with Crippen LogP contribution in [-0.4, -0.2) is 35.0 Å². The standard InChI is InChI=1S/C21H29NOSi/c24-23-21(19-11-4-1-5-12-19,20-13-6-2-7-14-20)15-10-18-22-16-8-3-9-17-22/h1-2,4-7,11-14H,3,8-10,15-18H2,24H3. The fourth-order valence-corrected chi connectivity index (χ4v) is 4.62. The van der Waals surface area contributed by atoms with Gasteiger partial charge in [0.2, 0.25) is 0 Å². The van der Waals surface area contributed by atoms with Crippen LogP contribution in [0.3, 0.4) is 0 Å². The summed E-state index contributed by atoms with van der Waals surface area (Å²) >= 11 is 0. The first-order valence-corrected chi connectivity index (χ1v) is 10.1. The van der Waals surface area contributed by atoms with Gasteiger partial charge in [0.05, 0.1) is 0 Å². The third kappa shape index (κ3) is 3.97. The molecule has 0 saturated carbocycles. The highest BCUT2D eigenvalue weighted by molar-refractivity contribution is 5.98. The second-order valence-corrected chi connectivity index (χ2v) is 7.18. The largest absolute Gasteiger partial charge is 0.414 e. The normalized spacial score (nSPS) is 16.3. The number of rotatable bonds is 7. The summed E-state index contributed by atoms with van der Waals surface area (Å²) in [5, 5.41) is 0. The third-order valence-corrected chi connectivity index (χ3v) is 5.98. The molecule has 0 atom stereocenters. The van der Waals surface area contributed by atoms with Crippen molar-refractivity contribution in [1.82, 2.24) is 4.90 Å². The molecule has 1 aliphatic rings. The summed E-state index contributed by atoms with van der Waals surface area (Å²) < 4.78 is 6.32. The third-order valence-electron chi connectivity index (χ3n) is 5.28. The molecule has 1 fully saturated rings.